The third-order valence-electron chi connectivity index (χ3n) is 3.94. The van der Waals surface area contributed by atoms with Crippen LogP contribution in [0.3, 0.4) is 0 Å². The van der Waals surface area contributed by atoms with Crippen LogP contribution in [-0.2, 0) is 4.84 Å². The van der Waals surface area contributed by atoms with Crippen molar-refractivity contribution < 1.29 is 9.76 Å². The number of halogens is 1. The summed E-state index contributed by atoms with van der Waals surface area (Å²) in [6.45, 7) is 0. The number of benzene rings is 1. The van der Waals surface area contributed by atoms with E-state index in [-0.39, 0.29) is 5.71 Å². The molecule has 1 aromatic rings. The number of oxime groups is 1. The van der Waals surface area contributed by atoms with E-state index in [1.807, 2.05) is 6.07 Å². The number of alkyl halides is 1. The van der Waals surface area contributed by atoms with Gasteiger partial charge in [0.25, 0.3) is 0 Å². The number of rotatable bonds is 2. The van der Waals surface area contributed by atoms with Gasteiger partial charge in [-0.25, -0.2) is 0 Å². The van der Waals surface area contributed by atoms with Gasteiger partial charge in [-0.15, -0.1) is 0 Å². The molecule has 1 aliphatic carbocycles. The molecule has 0 unspecified atom stereocenters. The number of nitro groups is 1. The second kappa shape index (κ2) is 4.20. The average Bonchev–Trinajstić information content (AvgIpc) is 3.00. The fourth-order valence-electron chi connectivity index (χ4n) is 2.93. The molecule has 1 spiro atoms. The fourth-order valence-corrected chi connectivity index (χ4v) is 3.30. The largest absolute Gasteiger partial charge is 0.382 e. The van der Waals surface area contributed by atoms with Gasteiger partial charge in [-0.1, -0.05) is 35.5 Å². The minimum atomic E-state index is -1.79. The lowest BCUT2D eigenvalue weighted by atomic mass is 9.86. The summed E-state index contributed by atoms with van der Waals surface area (Å²) in [6, 6.07) is 8.96. The maximum atomic E-state index is 11.6. The van der Waals surface area contributed by atoms with Crippen LogP contribution in [0.25, 0.3) is 0 Å². The van der Waals surface area contributed by atoms with E-state index in [0.29, 0.717) is 18.4 Å². The van der Waals surface area contributed by atoms with Gasteiger partial charge in [0.1, 0.15) is 0 Å². The monoisotopic (exact) mass is 280 g/mol. The highest BCUT2D eigenvalue weighted by Gasteiger charge is 2.71. The Kier molecular flexibility index (Phi) is 2.74. The summed E-state index contributed by atoms with van der Waals surface area (Å²) >= 11 is 6.41. The van der Waals surface area contributed by atoms with Gasteiger partial charge < -0.3 is 4.84 Å². The molecule has 100 valence electrons. The molecular weight excluding hydrogens is 268 g/mol. The number of hydrogen-bond acceptors (Lipinski definition) is 4. The van der Waals surface area contributed by atoms with Crippen molar-refractivity contribution in [2.45, 2.75) is 36.3 Å². The van der Waals surface area contributed by atoms with E-state index >= 15 is 0 Å². The van der Waals surface area contributed by atoms with Crippen LogP contribution >= 0.6 is 11.6 Å². The van der Waals surface area contributed by atoms with Crippen LogP contribution < -0.4 is 0 Å². The molecular formula is C13H13ClN2O3. The smallest absolute Gasteiger partial charge is 0.379 e. The van der Waals surface area contributed by atoms with Crippen LogP contribution in [0.15, 0.2) is 35.5 Å². The zero-order valence-electron chi connectivity index (χ0n) is 10.2. The first kappa shape index (κ1) is 12.4. The highest BCUT2D eigenvalue weighted by atomic mass is 35.5. The van der Waals surface area contributed by atoms with E-state index in [4.69, 9.17) is 16.4 Å². The summed E-state index contributed by atoms with van der Waals surface area (Å²) in [7, 11) is 0. The Morgan fingerprint density at radius 1 is 1.26 bits per heavy atom. The Labute approximate surface area is 115 Å². The first-order chi connectivity index (χ1) is 9.10. The molecule has 1 atom stereocenters. The molecule has 19 heavy (non-hydrogen) atoms. The fraction of sp³-hybridized carbons (Fsp3) is 0.462. The molecule has 1 aromatic carbocycles. The molecule has 0 bridgehead atoms. The van der Waals surface area contributed by atoms with Gasteiger partial charge in [-0.2, -0.15) is 0 Å². The SMILES string of the molecule is O=[N+]([O-])[C@@]1(Cl)C(c2ccccc2)=NOC12CCCC2. The van der Waals surface area contributed by atoms with Crippen LogP contribution in [-0.4, -0.2) is 21.2 Å². The van der Waals surface area contributed by atoms with Gasteiger partial charge in [0.05, 0.1) is 4.92 Å². The maximum Gasteiger partial charge on any atom is 0.382 e. The van der Waals surface area contributed by atoms with E-state index in [1.165, 1.54) is 0 Å². The molecule has 2 aliphatic rings. The lowest BCUT2D eigenvalue weighted by Gasteiger charge is -2.28. The van der Waals surface area contributed by atoms with Gasteiger partial charge in [0.2, 0.25) is 5.60 Å². The molecule has 0 aromatic heterocycles. The lowest BCUT2D eigenvalue weighted by Crippen LogP contribution is -2.56. The Balaban J connectivity index is 2.09. The van der Waals surface area contributed by atoms with Crippen LogP contribution in [0.1, 0.15) is 31.2 Å². The summed E-state index contributed by atoms with van der Waals surface area (Å²) in [5, 5.41) is 15.5. The summed E-state index contributed by atoms with van der Waals surface area (Å²) < 4.78 is 0. The zero-order chi connectivity index (χ0) is 13.5. The van der Waals surface area contributed by atoms with Gasteiger partial charge in [-0.3, -0.25) is 10.1 Å². The van der Waals surface area contributed by atoms with Crippen molar-refractivity contribution in [2.24, 2.45) is 5.16 Å². The van der Waals surface area contributed by atoms with Crippen molar-refractivity contribution in [3.05, 3.63) is 46.0 Å². The van der Waals surface area contributed by atoms with Gasteiger partial charge in [0, 0.05) is 5.56 Å². The summed E-state index contributed by atoms with van der Waals surface area (Å²) in [5.41, 5.74) is -0.150. The Hall–Kier alpha value is -1.62. The minimum Gasteiger partial charge on any atom is -0.379 e. The topological polar surface area (TPSA) is 64.7 Å². The molecule has 0 amide bonds. The summed E-state index contributed by atoms with van der Waals surface area (Å²) in [4.78, 5) is 14.8. The predicted octanol–water partition coefficient (Wildman–Crippen LogP) is 2.95. The maximum absolute atomic E-state index is 11.6. The van der Waals surface area contributed by atoms with Crippen LogP contribution in [0, 0.1) is 10.1 Å². The molecule has 0 saturated heterocycles. The first-order valence-electron chi connectivity index (χ1n) is 6.26. The van der Waals surface area contributed by atoms with Gasteiger partial charge in [-0.05, 0) is 37.3 Å². The molecule has 1 fully saturated rings. The van der Waals surface area contributed by atoms with E-state index in [9.17, 15) is 10.1 Å². The van der Waals surface area contributed by atoms with Crippen molar-refractivity contribution in [2.75, 3.05) is 0 Å². The van der Waals surface area contributed by atoms with Crippen molar-refractivity contribution in [3.63, 3.8) is 0 Å². The predicted molar refractivity (Wildman–Crippen MR) is 70.8 cm³/mol. The second-order valence-corrected chi connectivity index (χ2v) is 5.52. The number of nitrogens with zero attached hydrogens (tertiary/aromatic N) is 2. The quantitative estimate of drug-likeness (QED) is 0.362. The molecule has 1 aliphatic heterocycles. The van der Waals surface area contributed by atoms with Crippen molar-refractivity contribution in [3.8, 4) is 0 Å². The molecule has 6 heteroatoms. The standard InChI is InChI=1S/C13H13ClN2O3/c14-13(16(17)18)11(10-6-2-1-3-7-10)15-19-12(13)8-4-5-9-12/h1-3,6-7H,4-5,8-9H2/t13-/m0/s1. The van der Waals surface area contributed by atoms with E-state index in [1.54, 1.807) is 24.3 Å². The van der Waals surface area contributed by atoms with Crippen LogP contribution in [0.5, 0.6) is 0 Å². The third-order valence-corrected chi connectivity index (χ3v) is 4.60. The number of hydrogen-bond donors (Lipinski definition) is 0. The summed E-state index contributed by atoms with van der Waals surface area (Å²) in [6.07, 6.45) is 2.88. The van der Waals surface area contributed by atoms with Gasteiger partial charge >= 0.3 is 5.00 Å². The third kappa shape index (κ3) is 1.57. The Bertz CT molecular complexity index is 540. The highest BCUT2D eigenvalue weighted by molar-refractivity contribution is 6.39. The van der Waals surface area contributed by atoms with E-state index in [0.717, 1.165) is 12.8 Å². The van der Waals surface area contributed by atoms with E-state index < -0.39 is 15.5 Å². The second-order valence-electron chi connectivity index (χ2n) is 4.98. The van der Waals surface area contributed by atoms with Crippen LogP contribution in [0.2, 0.25) is 0 Å². The minimum absolute atomic E-state index is 0.210. The highest BCUT2D eigenvalue weighted by Crippen LogP contribution is 2.51. The Morgan fingerprint density at radius 3 is 2.47 bits per heavy atom. The Morgan fingerprint density at radius 2 is 1.89 bits per heavy atom. The average molecular weight is 281 g/mol. The van der Waals surface area contributed by atoms with Crippen molar-refractivity contribution in [1.82, 2.24) is 0 Å². The molecule has 0 radical (unpaired) electrons. The molecule has 1 heterocycles. The first-order valence-corrected chi connectivity index (χ1v) is 6.63. The summed E-state index contributed by atoms with van der Waals surface area (Å²) in [5.74, 6) is 0. The van der Waals surface area contributed by atoms with Gasteiger partial charge in [0.15, 0.2) is 5.71 Å². The molecule has 1 saturated carbocycles. The van der Waals surface area contributed by atoms with Crippen molar-refractivity contribution in [1.29, 1.82) is 0 Å². The normalized spacial score (nSPS) is 28.2. The van der Waals surface area contributed by atoms with E-state index in [2.05, 4.69) is 5.16 Å². The zero-order valence-corrected chi connectivity index (χ0v) is 11.0. The molecule has 0 N–H and O–H groups in total. The van der Waals surface area contributed by atoms with Crippen molar-refractivity contribution >= 4 is 17.3 Å². The molecule has 5 nitrogen and oxygen atoms in total. The lowest BCUT2D eigenvalue weighted by molar-refractivity contribution is -0.540. The van der Waals surface area contributed by atoms with Crippen LogP contribution in [0.4, 0.5) is 0 Å². The molecule has 3 rings (SSSR count).